The molecule has 2 heterocycles. The molecule has 0 saturated heterocycles. The molecule has 0 bridgehead atoms. The van der Waals surface area contributed by atoms with Crippen LogP contribution in [0.3, 0.4) is 0 Å². The lowest BCUT2D eigenvalue weighted by atomic mass is 10.1. The molecule has 172 valence electrons. The second-order valence-corrected chi connectivity index (χ2v) is 8.19. The number of nitrogens with zero attached hydrogens (tertiary/aromatic N) is 3. The molecule has 1 atom stereocenters. The van der Waals surface area contributed by atoms with Crippen LogP contribution in [-0.4, -0.2) is 49.5 Å². The minimum absolute atomic E-state index is 0.140. The van der Waals surface area contributed by atoms with Crippen LogP contribution >= 0.6 is 0 Å². The number of ether oxygens (including phenoxy) is 1. The van der Waals surface area contributed by atoms with Gasteiger partial charge in [0, 0.05) is 50.9 Å². The second-order valence-electron chi connectivity index (χ2n) is 8.19. The molecule has 1 N–H and O–H groups in total. The van der Waals surface area contributed by atoms with E-state index in [-0.39, 0.29) is 24.4 Å². The van der Waals surface area contributed by atoms with Gasteiger partial charge in [-0.1, -0.05) is 36.4 Å². The van der Waals surface area contributed by atoms with Gasteiger partial charge in [0.1, 0.15) is 23.5 Å². The van der Waals surface area contributed by atoms with Crippen molar-refractivity contribution in [2.45, 2.75) is 19.1 Å². The molecule has 1 aliphatic heterocycles. The Morgan fingerprint density at radius 3 is 2.70 bits per heavy atom. The van der Waals surface area contributed by atoms with Crippen LogP contribution in [0.25, 0.3) is 0 Å². The number of hydrogen-bond acceptors (Lipinski definition) is 5. The zero-order chi connectivity index (χ0) is 23.2. The van der Waals surface area contributed by atoms with Gasteiger partial charge in [-0.2, -0.15) is 0 Å². The van der Waals surface area contributed by atoms with E-state index in [1.54, 1.807) is 35.4 Å². The highest BCUT2D eigenvalue weighted by atomic mass is 19.1. The van der Waals surface area contributed by atoms with Gasteiger partial charge >= 0.3 is 0 Å². The SMILES string of the molecule is CNCCC(Oc1ccc(CN2CCN(C)c3ncccc3C2=O)c(F)c1)c1ccccc1. The van der Waals surface area contributed by atoms with E-state index in [1.807, 2.05) is 49.3 Å². The van der Waals surface area contributed by atoms with Crippen LogP contribution in [0.2, 0.25) is 0 Å². The van der Waals surface area contributed by atoms with Crippen molar-refractivity contribution in [2.75, 3.05) is 38.6 Å². The summed E-state index contributed by atoms with van der Waals surface area (Å²) < 4.78 is 21.2. The van der Waals surface area contributed by atoms with Crippen LogP contribution in [0, 0.1) is 5.82 Å². The van der Waals surface area contributed by atoms with Gasteiger partial charge in [-0.3, -0.25) is 4.79 Å². The van der Waals surface area contributed by atoms with Crippen molar-refractivity contribution in [1.29, 1.82) is 0 Å². The molecular formula is C26H29FN4O2. The summed E-state index contributed by atoms with van der Waals surface area (Å²) in [6, 6.07) is 18.3. The average Bonchev–Trinajstić information content (AvgIpc) is 2.96. The first kappa shape index (κ1) is 22.7. The van der Waals surface area contributed by atoms with E-state index in [0.717, 1.165) is 18.5 Å². The highest BCUT2D eigenvalue weighted by Crippen LogP contribution is 2.28. The van der Waals surface area contributed by atoms with E-state index in [4.69, 9.17) is 4.74 Å². The van der Waals surface area contributed by atoms with E-state index in [9.17, 15) is 4.79 Å². The number of carbonyl (C=O) groups excluding carboxylic acids is 1. The van der Waals surface area contributed by atoms with E-state index in [0.29, 0.717) is 35.8 Å². The van der Waals surface area contributed by atoms with Gasteiger partial charge in [-0.25, -0.2) is 9.37 Å². The van der Waals surface area contributed by atoms with Crippen LogP contribution in [0.4, 0.5) is 10.2 Å². The number of nitrogens with one attached hydrogen (secondary N) is 1. The third kappa shape index (κ3) is 5.31. The maximum Gasteiger partial charge on any atom is 0.257 e. The standard InChI is InChI=1S/C26H29FN4O2/c1-28-14-12-24(19-7-4-3-5-8-19)33-21-11-10-20(23(27)17-21)18-31-16-15-30(2)25-22(26(31)32)9-6-13-29-25/h3-11,13,17,24,28H,12,14-16,18H2,1-2H3. The molecule has 4 rings (SSSR count). The number of halogens is 1. The molecule has 0 fully saturated rings. The highest BCUT2D eigenvalue weighted by molar-refractivity contribution is 5.99. The van der Waals surface area contributed by atoms with Crippen LogP contribution in [0.15, 0.2) is 66.9 Å². The molecule has 7 heteroatoms. The molecule has 1 unspecified atom stereocenters. The van der Waals surface area contributed by atoms with Crippen LogP contribution in [0.5, 0.6) is 5.75 Å². The largest absolute Gasteiger partial charge is 0.486 e. The fraction of sp³-hybridized carbons (Fsp3) is 0.308. The summed E-state index contributed by atoms with van der Waals surface area (Å²) in [7, 11) is 3.80. The van der Waals surface area contributed by atoms with Crippen molar-refractivity contribution in [3.05, 3.63) is 89.4 Å². The minimum Gasteiger partial charge on any atom is -0.486 e. The van der Waals surface area contributed by atoms with E-state index < -0.39 is 0 Å². The number of benzene rings is 2. The van der Waals surface area contributed by atoms with Gasteiger partial charge in [-0.15, -0.1) is 0 Å². The fourth-order valence-corrected chi connectivity index (χ4v) is 4.00. The van der Waals surface area contributed by atoms with E-state index >= 15 is 4.39 Å². The van der Waals surface area contributed by atoms with Crippen molar-refractivity contribution >= 4 is 11.7 Å². The maximum absolute atomic E-state index is 15.1. The zero-order valence-electron chi connectivity index (χ0n) is 19.0. The summed E-state index contributed by atoms with van der Waals surface area (Å²) in [5.74, 6) is 0.601. The summed E-state index contributed by atoms with van der Waals surface area (Å²) in [6.45, 7) is 2.09. The lowest BCUT2D eigenvalue weighted by Crippen LogP contribution is -2.33. The molecule has 33 heavy (non-hydrogen) atoms. The third-order valence-electron chi connectivity index (χ3n) is 5.86. The summed E-state index contributed by atoms with van der Waals surface area (Å²) in [6.07, 6.45) is 2.25. The highest BCUT2D eigenvalue weighted by Gasteiger charge is 2.26. The quantitative estimate of drug-likeness (QED) is 0.564. The number of fused-ring (bicyclic) bond motifs is 1. The van der Waals surface area contributed by atoms with Gasteiger partial charge in [-0.05, 0) is 37.4 Å². The minimum atomic E-state index is -0.385. The fourth-order valence-electron chi connectivity index (χ4n) is 4.00. The number of aromatic nitrogens is 1. The van der Waals surface area contributed by atoms with Crippen LogP contribution < -0.4 is 15.0 Å². The molecular weight excluding hydrogens is 419 g/mol. The van der Waals surface area contributed by atoms with Gasteiger partial charge in [0.2, 0.25) is 0 Å². The Bertz CT molecular complexity index is 1090. The Hall–Kier alpha value is -3.45. The lowest BCUT2D eigenvalue weighted by molar-refractivity contribution is 0.0753. The second kappa shape index (κ2) is 10.4. The number of amides is 1. The van der Waals surface area contributed by atoms with Gasteiger partial charge in [0.05, 0.1) is 5.56 Å². The number of carbonyl (C=O) groups is 1. The van der Waals surface area contributed by atoms with Crippen molar-refractivity contribution < 1.29 is 13.9 Å². The normalized spacial score (nSPS) is 14.6. The molecule has 0 saturated carbocycles. The molecule has 0 radical (unpaired) electrons. The first-order valence-electron chi connectivity index (χ1n) is 11.2. The molecule has 6 nitrogen and oxygen atoms in total. The summed E-state index contributed by atoms with van der Waals surface area (Å²) in [5.41, 5.74) is 2.04. The predicted octanol–water partition coefficient (Wildman–Crippen LogP) is 4.04. The van der Waals surface area contributed by atoms with Crippen molar-refractivity contribution in [2.24, 2.45) is 0 Å². The van der Waals surface area contributed by atoms with Gasteiger partial charge < -0.3 is 19.9 Å². The van der Waals surface area contributed by atoms with Crippen LogP contribution in [0.1, 0.15) is 34.0 Å². The van der Waals surface area contributed by atoms with E-state index in [2.05, 4.69) is 10.3 Å². The topological polar surface area (TPSA) is 57.7 Å². The average molecular weight is 449 g/mol. The first-order valence-corrected chi connectivity index (χ1v) is 11.2. The van der Waals surface area contributed by atoms with Crippen molar-refractivity contribution in [1.82, 2.24) is 15.2 Å². The molecule has 1 aliphatic rings. The summed E-state index contributed by atoms with van der Waals surface area (Å²) >= 11 is 0. The number of anilines is 1. The lowest BCUT2D eigenvalue weighted by Gasteiger charge is -2.22. The van der Waals surface area contributed by atoms with Crippen LogP contribution in [-0.2, 0) is 6.54 Å². The molecule has 1 amide bonds. The summed E-state index contributed by atoms with van der Waals surface area (Å²) in [4.78, 5) is 21.0. The molecule has 3 aromatic rings. The van der Waals surface area contributed by atoms with Gasteiger partial charge in [0.15, 0.2) is 0 Å². The zero-order valence-corrected chi connectivity index (χ0v) is 19.0. The monoisotopic (exact) mass is 448 g/mol. The van der Waals surface area contributed by atoms with E-state index in [1.165, 1.54) is 6.07 Å². The smallest absolute Gasteiger partial charge is 0.257 e. The third-order valence-corrected chi connectivity index (χ3v) is 5.86. The molecule has 1 aromatic heterocycles. The summed E-state index contributed by atoms with van der Waals surface area (Å²) in [5, 5.41) is 3.14. The Kier molecular flexibility index (Phi) is 7.19. The molecule has 0 aliphatic carbocycles. The number of rotatable bonds is 8. The van der Waals surface area contributed by atoms with Gasteiger partial charge in [0.25, 0.3) is 5.91 Å². The molecule has 2 aromatic carbocycles. The van der Waals surface area contributed by atoms with Crippen molar-refractivity contribution in [3.63, 3.8) is 0 Å². The van der Waals surface area contributed by atoms with Crippen molar-refractivity contribution in [3.8, 4) is 5.75 Å². The Balaban J connectivity index is 1.50. The number of hydrogen-bond donors (Lipinski definition) is 1. The first-order chi connectivity index (χ1) is 16.1. The Labute approximate surface area is 194 Å². The maximum atomic E-state index is 15.1. The Morgan fingerprint density at radius 2 is 1.94 bits per heavy atom. The Morgan fingerprint density at radius 1 is 1.12 bits per heavy atom. The predicted molar refractivity (Wildman–Crippen MR) is 127 cm³/mol. The number of likely N-dealkylation sites (N-methyl/N-ethyl adjacent to an activating group) is 1. The number of pyridine rings is 1. The molecule has 0 spiro atoms.